The van der Waals surface area contributed by atoms with E-state index in [1.54, 1.807) is 11.1 Å². The van der Waals surface area contributed by atoms with Crippen LogP contribution in [-0.2, 0) is 20.9 Å². The van der Waals surface area contributed by atoms with Crippen LogP contribution in [0, 0.1) is 29.1 Å². The number of hydrogen-bond acceptors (Lipinski definition) is 7. The molecule has 2 unspecified atom stereocenters. The topological polar surface area (TPSA) is 160 Å². The van der Waals surface area contributed by atoms with Crippen molar-refractivity contribution in [2.45, 2.75) is 79.4 Å². The zero-order valence-electron chi connectivity index (χ0n) is 31.2. The molecule has 0 aliphatic carbocycles. The number of carbonyl (C=O) groups is 3. The van der Waals surface area contributed by atoms with Crippen LogP contribution < -0.4 is 5.32 Å². The van der Waals surface area contributed by atoms with Crippen LogP contribution in [0.5, 0.6) is 0 Å². The molecule has 1 fully saturated rings. The van der Waals surface area contributed by atoms with Crippen LogP contribution >= 0.6 is 0 Å². The Kier molecular flexibility index (Phi) is 12.2. The first-order chi connectivity index (χ1) is 24.9. The van der Waals surface area contributed by atoms with Gasteiger partial charge < -0.3 is 29.8 Å². The maximum absolute atomic E-state index is 13.5. The summed E-state index contributed by atoms with van der Waals surface area (Å²) < 4.78 is 4.75. The molecule has 12 nitrogen and oxygen atoms in total. The molecule has 2 atom stereocenters. The summed E-state index contributed by atoms with van der Waals surface area (Å²) >= 11 is 0. The minimum Gasteiger partial charge on any atom is -0.453 e. The predicted octanol–water partition coefficient (Wildman–Crippen LogP) is 7.08. The second-order valence-electron chi connectivity index (χ2n) is 14.7. The molecule has 3 amide bonds. The number of imidazole rings is 2. The van der Waals surface area contributed by atoms with Crippen molar-refractivity contribution in [2.75, 3.05) is 20.2 Å². The fourth-order valence-corrected chi connectivity index (χ4v) is 6.66. The van der Waals surface area contributed by atoms with E-state index in [2.05, 4.69) is 57.3 Å². The Hall–Kier alpha value is -5.44. The van der Waals surface area contributed by atoms with Crippen molar-refractivity contribution in [1.82, 2.24) is 35.1 Å². The summed E-state index contributed by atoms with van der Waals surface area (Å²) in [5.74, 6) is 1.71. The van der Waals surface area contributed by atoms with Crippen molar-refractivity contribution in [2.24, 2.45) is 17.8 Å². The van der Waals surface area contributed by atoms with Gasteiger partial charge in [0.25, 0.3) is 0 Å². The number of alkyl carbamates (subject to hydrolysis) is 1. The summed E-state index contributed by atoms with van der Waals surface area (Å²) in [4.78, 5) is 58.0. The minimum atomic E-state index is -0.689. The molecular weight excluding hydrogens is 656 g/mol. The smallest absolute Gasteiger partial charge is 0.407 e. The Morgan fingerprint density at radius 2 is 1.60 bits per heavy atom. The first-order valence-electron chi connectivity index (χ1n) is 18.1. The lowest BCUT2D eigenvalue weighted by Crippen LogP contribution is -2.51. The average molecular weight is 707 g/mol. The van der Waals surface area contributed by atoms with Gasteiger partial charge in [0.05, 0.1) is 37.3 Å². The van der Waals surface area contributed by atoms with Gasteiger partial charge in [-0.3, -0.25) is 9.59 Å². The molecule has 4 aromatic rings. The van der Waals surface area contributed by atoms with Crippen LogP contribution in [0.2, 0.25) is 0 Å². The molecule has 0 bridgehead atoms. The second-order valence-corrected chi connectivity index (χ2v) is 14.7. The number of nitriles is 1. The molecule has 2 aromatic heterocycles. The molecule has 5 rings (SSSR count). The van der Waals surface area contributed by atoms with E-state index in [9.17, 15) is 19.6 Å². The van der Waals surface area contributed by atoms with Crippen molar-refractivity contribution in [3.8, 4) is 39.7 Å². The quantitative estimate of drug-likeness (QED) is 0.134. The van der Waals surface area contributed by atoms with E-state index >= 15 is 0 Å². The summed E-state index contributed by atoms with van der Waals surface area (Å²) in [5.41, 5.74) is 5.63. The van der Waals surface area contributed by atoms with Crippen LogP contribution in [0.4, 0.5) is 4.79 Å². The SMILES string of the molecule is COC(=O)NC(C(=O)N1CCCC1c1ncc(-c2ccc(-c3ccc(-c4[nH]c(CN(CC(C)C)C(=O)CC(C)C)nc4C#N)cc3)cc2)[nH]1)C(C)C. The number of aromatic amines is 2. The Bertz CT molecular complexity index is 1890. The van der Waals surface area contributed by atoms with E-state index in [1.807, 2.05) is 69.0 Å². The fraction of sp³-hybridized carbons (Fsp3) is 0.450. The van der Waals surface area contributed by atoms with Gasteiger partial charge in [0.1, 0.15) is 23.8 Å². The highest BCUT2D eigenvalue weighted by molar-refractivity contribution is 5.86. The Labute approximate surface area is 306 Å². The number of carbonyl (C=O) groups excluding carboxylic acids is 3. The lowest BCUT2D eigenvalue weighted by Gasteiger charge is -2.30. The molecule has 1 aliphatic rings. The lowest BCUT2D eigenvalue weighted by molar-refractivity contribution is -0.135. The molecule has 52 heavy (non-hydrogen) atoms. The summed E-state index contributed by atoms with van der Waals surface area (Å²) in [5, 5.41) is 12.6. The van der Waals surface area contributed by atoms with Crippen molar-refractivity contribution < 1.29 is 19.1 Å². The summed E-state index contributed by atoms with van der Waals surface area (Å²) in [6.07, 6.45) is 3.26. The van der Waals surface area contributed by atoms with Gasteiger partial charge in [0.2, 0.25) is 11.8 Å². The molecule has 3 heterocycles. The summed E-state index contributed by atoms with van der Waals surface area (Å²) in [7, 11) is 1.29. The number of amides is 3. The van der Waals surface area contributed by atoms with E-state index in [-0.39, 0.29) is 29.7 Å². The van der Waals surface area contributed by atoms with Crippen molar-refractivity contribution in [3.05, 3.63) is 72.1 Å². The van der Waals surface area contributed by atoms with Gasteiger partial charge in [-0.1, -0.05) is 90.1 Å². The molecule has 3 N–H and O–H groups in total. The lowest BCUT2D eigenvalue weighted by atomic mass is 10.0. The third kappa shape index (κ3) is 8.88. The second kappa shape index (κ2) is 16.7. The van der Waals surface area contributed by atoms with Crippen LogP contribution in [0.15, 0.2) is 54.7 Å². The molecule has 0 spiro atoms. The monoisotopic (exact) mass is 706 g/mol. The number of likely N-dealkylation sites (tertiary alicyclic amines) is 1. The number of benzene rings is 2. The Balaban J connectivity index is 1.28. The van der Waals surface area contributed by atoms with Crippen LogP contribution in [0.25, 0.3) is 33.6 Å². The first kappa shape index (κ1) is 37.8. The minimum absolute atomic E-state index is 0.0853. The number of nitrogens with zero attached hydrogens (tertiary/aromatic N) is 5. The van der Waals surface area contributed by atoms with E-state index < -0.39 is 12.1 Å². The molecule has 274 valence electrons. The number of nitrogens with one attached hydrogen (secondary N) is 3. The highest BCUT2D eigenvalue weighted by Gasteiger charge is 2.37. The Morgan fingerprint density at radius 3 is 2.17 bits per heavy atom. The van der Waals surface area contributed by atoms with Gasteiger partial charge in [-0.15, -0.1) is 0 Å². The normalized spacial score (nSPS) is 14.9. The number of H-pyrrole nitrogens is 2. The maximum Gasteiger partial charge on any atom is 0.407 e. The van der Waals surface area contributed by atoms with Crippen molar-refractivity contribution >= 4 is 17.9 Å². The number of rotatable bonds is 13. The molecule has 12 heteroatoms. The summed E-state index contributed by atoms with van der Waals surface area (Å²) in [6, 6.07) is 17.5. The number of hydrogen-bond donors (Lipinski definition) is 3. The van der Waals surface area contributed by atoms with Crippen molar-refractivity contribution in [1.29, 1.82) is 5.26 Å². The molecule has 1 saturated heterocycles. The van der Waals surface area contributed by atoms with Crippen LogP contribution in [-0.4, -0.2) is 73.9 Å². The third-order valence-electron chi connectivity index (χ3n) is 9.26. The average Bonchev–Trinajstić information content (AvgIpc) is 3.89. The van der Waals surface area contributed by atoms with Gasteiger partial charge in [-0.25, -0.2) is 14.8 Å². The first-order valence-corrected chi connectivity index (χ1v) is 18.1. The standard InChI is InChI=1S/C40H50N8O4/c1-24(2)19-35(49)47(22-25(3)4)23-34-43-31(20-41)37(45-34)30-16-12-28(13-17-30)27-10-14-29(15-11-27)32-21-42-38(44-32)33-9-8-18-48(33)39(50)36(26(5)6)46-40(51)52-7/h10-17,21,24-26,33,36H,8-9,18-19,22-23H2,1-7H3,(H,42,44)(H,43,45)(H,46,51). The largest absolute Gasteiger partial charge is 0.453 e. The fourth-order valence-electron chi connectivity index (χ4n) is 6.66. The third-order valence-corrected chi connectivity index (χ3v) is 9.26. The van der Waals surface area contributed by atoms with Gasteiger partial charge >= 0.3 is 6.09 Å². The van der Waals surface area contributed by atoms with E-state index in [0.717, 1.165) is 46.6 Å². The predicted molar refractivity (Wildman–Crippen MR) is 199 cm³/mol. The van der Waals surface area contributed by atoms with E-state index in [4.69, 9.17) is 4.74 Å². The highest BCUT2D eigenvalue weighted by Crippen LogP contribution is 2.33. The number of aromatic nitrogens is 4. The van der Waals surface area contributed by atoms with Gasteiger partial charge in [-0.2, -0.15) is 5.26 Å². The molecule has 1 aliphatic heterocycles. The summed E-state index contributed by atoms with van der Waals surface area (Å²) in [6.45, 7) is 13.6. The molecule has 0 radical (unpaired) electrons. The van der Waals surface area contributed by atoms with Crippen molar-refractivity contribution in [3.63, 3.8) is 0 Å². The maximum atomic E-state index is 13.5. The van der Waals surface area contributed by atoms with E-state index in [0.29, 0.717) is 49.2 Å². The molecular formula is C40H50N8O4. The van der Waals surface area contributed by atoms with Crippen LogP contribution in [0.3, 0.4) is 0 Å². The molecule has 0 saturated carbocycles. The van der Waals surface area contributed by atoms with E-state index in [1.165, 1.54) is 7.11 Å². The number of ether oxygens (including phenoxy) is 1. The zero-order chi connectivity index (χ0) is 37.5. The molecule has 2 aromatic carbocycles. The zero-order valence-corrected chi connectivity index (χ0v) is 31.2. The van der Waals surface area contributed by atoms with Gasteiger partial charge in [0, 0.05) is 25.1 Å². The number of methoxy groups -OCH3 is 1. The highest BCUT2D eigenvalue weighted by atomic mass is 16.5. The van der Waals surface area contributed by atoms with Gasteiger partial charge in [0.15, 0.2) is 5.69 Å². The van der Waals surface area contributed by atoms with Crippen LogP contribution in [0.1, 0.15) is 84.2 Å². The Morgan fingerprint density at radius 1 is 0.962 bits per heavy atom. The van der Waals surface area contributed by atoms with Gasteiger partial charge in [-0.05, 0) is 47.3 Å².